The highest BCUT2D eigenvalue weighted by atomic mass is 19.3. The van der Waals surface area contributed by atoms with Crippen LogP contribution in [0, 0.1) is 11.7 Å². The minimum Gasteiger partial charge on any atom is -0.497 e. The lowest BCUT2D eigenvalue weighted by molar-refractivity contribution is -0.109. The van der Waals surface area contributed by atoms with E-state index in [0.717, 1.165) is 27.8 Å². The van der Waals surface area contributed by atoms with Crippen LogP contribution in [0.15, 0.2) is 48.7 Å². The summed E-state index contributed by atoms with van der Waals surface area (Å²) in [7, 11) is 1.63. The second-order valence-electron chi connectivity index (χ2n) is 7.84. The molecule has 0 radical (unpaired) electrons. The van der Waals surface area contributed by atoms with E-state index in [1.165, 1.54) is 12.1 Å². The standard InChI is InChI=1S/C23H25F3N2O/c1-29-20-7-8-21-17(13-27-22(21)12-20)14-28-10-9-23(25,26)18(15-28)6-5-16-3-2-4-19(24)11-16/h2-4,7-8,11-13,18,27H,5-6,9-10,14-15H2,1H3/t18-/m0/s1. The third-order valence-electron chi connectivity index (χ3n) is 5.88. The minimum atomic E-state index is -2.68. The number of methoxy groups -OCH3 is 1. The number of rotatable bonds is 6. The number of nitrogens with zero attached hydrogens (tertiary/aromatic N) is 1. The maximum Gasteiger partial charge on any atom is 0.253 e. The van der Waals surface area contributed by atoms with Crippen LogP contribution in [0.2, 0.25) is 0 Å². The Bertz CT molecular complexity index is 985. The molecule has 3 aromatic rings. The summed E-state index contributed by atoms with van der Waals surface area (Å²) in [5.41, 5.74) is 2.84. The molecule has 1 saturated heterocycles. The summed E-state index contributed by atoms with van der Waals surface area (Å²) in [4.78, 5) is 5.34. The molecule has 0 unspecified atom stereocenters. The molecule has 0 saturated carbocycles. The van der Waals surface area contributed by atoms with Crippen LogP contribution in [-0.4, -0.2) is 36.0 Å². The Kier molecular flexibility index (Phi) is 5.54. The molecule has 2 aromatic carbocycles. The van der Waals surface area contributed by atoms with Crippen molar-refractivity contribution < 1.29 is 17.9 Å². The lowest BCUT2D eigenvalue weighted by Gasteiger charge is -2.38. The number of hydrogen-bond donors (Lipinski definition) is 1. The van der Waals surface area contributed by atoms with Crippen molar-refractivity contribution in [2.24, 2.45) is 5.92 Å². The van der Waals surface area contributed by atoms with Gasteiger partial charge in [0.2, 0.25) is 0 Å². The van der Waals surface area contributed by atoms with Crippen molar-refractivity contribution in [3.63, 3.8) is 0 Å². The van der Waals surface area contributed by atoms with Crippen molar-refractivity contribution in [3.8, 4) is 5.75 Å². The van der Waals surface area contributed by atoms with Gasteiger partial charge in [0, 0.05) is 55.1 Å². The SMILES string of the molecule is COc1ccc2c(CN3CCC(F)(F)[C@@H](CCc4cccc(F)c4)C3)c[nH]c2c1. The zero-order chi connectivity index (χ0) is 20.4. The molecule has 1 aromatic heterocycles. The Balaban J connectivity index is 1.44. The summed E-state index contributed by atoms with van der Waals surface area (Å²) in [6, 6.07) is 12.1. The number of likely N-dealkylation sites (tertiary alicyclic amines) is 1. The Morgan fingerprint density at radius 3 is 2.86 bits per heavy atom. The fourth-order valence-electron chi connectivity index (χ4n) is 4.19. The number of halogens is 3. The number of H-pyrrole nitrogens is 1. The van der Waals surface area contributed by atoms with Gasteiger partial charge in [-0.15, -0.1) is 0 Å². The van der Waals surface area contributed by atoms with Gasteiger partial charge in [-0.1, -0.05) is 12.1 Å². The lowest BCUT2D eigenvalue weighted by atomic mass is 9.88. The lowest BCUT2D eigenvalue weighted by Crippen LogP contribution is -2.46. The van der Waals surface area contributed by atoms with Crippen LogP contribution in [0.3, 0.4) is 0 Å². The smallest absolute Gasteiger partial charge is 0.253 e. The van der Waals surface area contributed by atoms with Crippen LogP contribution in [-0.2, 0) is 13.0 Å². The molecule has 0 aliphatic carbocycles. The molecule has 2 heterocycles. The average Bonchev–Trinajstić information content (AvgIpc) is 3.10. The maximum atomic E-state index is 14.5. The Hall–Kier alpha value is -2.47. The average molecular weight is 402 g/mol. The van der Waals surface area contributed by atoms with E-state index in [4.69, 9.17) is 4.74 Å². The summed E-state index contributed by atoms with van der Waals surface area (Å²) in [5, 5.41) is 1.08. The molecule has 4 rings (SSSR count). The van der Waals surface area contributed by atoms with Gasteiger partial charge in [-0.2, -0.15) is 0 Å². The molecular weight excluding hydrogens is 377 g/mol. The van der Waals surface area contributed by atoms with Crippen molar-refractivity contribution in [2.45, 2.75) is 31.7 Å². The zero-order valence-corrected chi connectivity index (χ0v) is 16.4. The van der Waals surface area contributed by atoms with E-state index in [0.29, 0.717) is 32.5 Å². The molecule has 1 aliphatic rings. The molecule has 1 aliphatic heterocycles. The van der Waals surface area contributed by atoms with Gasteiger partial charge in [-0.05, 0) is 48.2 Å². The summed E-state index contributed by atoms with van der Waals surface area (Å²) in [5.74, 6) is -2.96. The molecule has 29 heavy (non-hydrogen) atoms. The first-order chi connectivity index (χ1) is 13.9. The molecule has 3 nitrogen and oxygen atoms in total. The number of hydrogen-bond acceptors (Lipinski definition) is 2. The molecule has 6 heteroatoms. The highest BCUT2D eigenvalue weighted by Crippen LogP contribution is 2.37. The van der Waals surface area contributed by atoms with Crippen molar-refractivity contribution in [3.05, 3.63) is 65.6 Å². The van der Waals surface area contributed by atoms with Gasteiger partial charge in [0.1, 0.15) is 11.6 Å². The summed E-state index contributed by atoms with van der Waals surface area (Å²) < 4.78 is 47.7. The number of aromatic amines is 1. The summed E-state index contributed by atoms with van der Waals surface area (Å²) in [6.45, 7) is 1.33. The van der Waals surface area contributed by atoms with E-state index in [1.54, 1.807) is 19.2 Å². The minimum absolute atomic E-state index is 0.142. The van der Waals surface area contributed by atoms with E-state index in [1.807, 2.05) is 24.4 Å². The number of aromatic nitrogens is 1. The monoisotopic (exact) mass is 402 g/mol. The van der Waals surface area contributed by atoms with E-state index in [9.17, 15) is 13.2 Å². The number of alkyl halides is 2. The third-order valence-corrected chi connectivity index (χ3v) is 5.88. The first-order valence-electron chi connectivity index (χ1n) is 9.93. The van der Waals surface area contributed by atoms with Gasteiger partial charge in [-0.25, -0.2) is 13.2 Å². The number of fused-ring (bicyclic) bond motifs is 1. The van der Waals surface area contributed by atoms with Crippen LogP contribution in [0.5, 0.6) is 5.75 Å². The van der Waals surface area contributed by atoms with Crippen LogP contribution in [0.4, 0.5) is 13.2 Å². The van der Waals surface area contributed by atoms with Crippen LogP contribution >= 0.6 is 0 Å². The first-order valence-corrected chi connectivity index (χ1v) is 9.93. The van der Waals surface area contributed by atoms with E-state index >= 15 is 0 Å². The van der Waals surface area contributed by atoms with Crippen LogP contribution in [0.25, 0.3) is 10.9 Å². The van der Waals surface area contributed by atoms with Crippen molar-refractivity contribution in [1.29, 1.82) is 0 Å². The number of aryl methyl sites for hydroxylation is 1. The predicted octanol–water partition coefficient (Wildman–Crippen LogP) is 5.41. The zero-order valence-electron chi connectivity index (χ0n) is 16.4. The van der Waals surface area contributed by atoms with E-state index in [-0.39, 0.29) is 12.2 Å². The van der Waals surface area contributed by atoms with Crippen molar-refractivity contribution >= 4 is 10.9 Å². The second kappa shape index (κ2) is 8.11. The van der Waals surface area contributed by atoms with E-state index in [2.05, 4.69) is 9.88 Å². The van der Waals surface area contributed by atoms with E-state index < -0.39 is 11.8 Å². The molecule has 1 fully saturated rings. The highest BCUT2D eigenvalue weighted by Gasteiger charge is 2.43. The first kappa shape index (κ1) is 19.8. The molecule has 154 valence electrons. The van der Waals surface area contributed by atoms with Gasteiger partial charge in [0.05, 0.1) is 7.11 Å². The van der Waals surface area contributed by atoms with Crippen molar-refractivity contribution in [2.75, 3.05) is 20.2 Å². The second-order valence-corrected chi connectivity index (χ2v) is 7.84. The number of piperidine rings is 1. The molecule has 1 atom stereocenters. The Morgan fingerprint density at radius 2 is 2.07 bits per heavy atom. The quantitative estimate of drug-likeness (QED) is 0.598. The highest BCUT2D eigenvalue weighted by molar-refractivity contribution is 5.84. The fourth-order valence-corrected chi connectivity index (χ4v) is 4.19. The van der Waals surface area contributed by atoms with Crippen molar-refractivity contribution in [1.82, 2.24) is 9.88 Å². The Labute approximate surface area is 168 Å². The van der Waals surface area contributed by atoms with Gasteiger partial charge < -0.3 is 9.72 Å². The molecule has 0 bridgehead atoms. The number of ether oxygens (including phenoxy) is 1. The number of benzene rings is 2. The van der Waals surface area contributed by atoms with Crippen LogP contribution in [0.1, 0.15) is 24.0 Å². The fraction of sp³-hybridized carbons (Fsp3) is 0.391. The molecule has 0 amide bonds. The maximum absolute atomic E-state index is 14.5. The molecule has 1 N–H and O–H groups in total. The van der Waals surface area contributed by atoms with Gasteiger partial charge in [0.25, 0.3) is 5.92 Å². The third kappa shape index (κ3) is 4.42. The number of nitrogens with one attached hydrogen (secondary N) is 1. The predicted molar refractivity (Wildman–Crippen MR) is 108 cm³/mol. The normalized spacial score (nSPS) is 19.5. The Morgan fingerprint density at radius 1 is 1.21 bits per heavy atom. The molecule has 0 spiro atoms. The van der Waals surface area contributed by atoms with Crippen LogP contribution < -0.4 is 4.74 Å². The molecular formula is C23H25F3N2O. The van der Waals surface area contributed by atoms with Gasteiger partial charge in [0.15, 0.2) is 0 Å². The largest absolute Gasteiger partial charge is 0.497 e. The van der Waals surface area contributed by atoms with Gasteiger partial charge >= 0.3 is 0 Å². The summed E-state index contributed by atoms with van der Waals surface area (Å²) >= 11 is 0. The van der Waals surface area contributed by atoms with Gasteiger partial charge in [-0.3, -0.25) is 4.90 Å². The summed E-state index contributed by atoms with van der Waals surface area (Å²) in [6.07, 6.45) is 2.60. The topological polar surface area (TPSA) is 28.3 Å².